The van der Waals surface area contributed by atoms with Crippen LogP contribution in [0.3, 0.4) is 0 Å². The van der Waals surface area contributed by atoms with Crippen molar-refractivity contribution in [2.45, 2.75) is 37.6 Å². The number of anilines is 1. The smallest absolute Gasteiger partial charge is 0.493 e. The summed E-state index contributed by atoms with van der Waals surface area (Å²) in [5.41, 5.74) is 2.60. The molecule has 11 nitrogen and oxygen atoms in total. The van der Waals surface area contributed by atoms with Gasteiger partial charge in [0, 0.05) is 62.1 Å². The summed E-state index contributed by atoms with van der Waals surface area (Å²) in [7, 11) is 4.58. The highest BCUT2D eigenvalue weighted by molar-refractivity contribution is 5.96. The van der Waals surface area contributed by atoms with Crippen molar-refractivity contribution in [1.29, 1.82) is 0 Å². The van der Waals surface area contributed by atoms with Crippen LogP contribution in [0.5, 0.6) is 17.2 Å². The molecule has 0 spiro atoms. The van der Waals surface area contributed by atoms with Crippen LogP contribution in [-0.2, 0) is 16.7 Å². The summed E-state index contributed by atoms with van der Waals surface area (Å²) in [5.74, 6) is 1.81. The molecule has 1 unspecified atom stereocenters. The van der Waals surface area contributed by atoms with E-state index < -0.39 is 13.0 Å². The molecule has 1 amide bonds. The van der Waals surface area contributed by atoms with Crippen molar-refractivity contribution in [2.24, 2.45) is 0 Å². The summed E-state index contributed by atoms with van der Waals surface area (Å²) in [5, 5.41) is 0. The van der Waals surface area contributed by atoms with Crippen molar-refractivity contribution in [1.82, 2.24) is 24.3 Å². The number of para-hydroxylation sites is 2. The maximum Gasteiger partial charge on any atom is 0.522 e. The van der Waals surface area contributed by atoms with Gasteiger partial charge in [0.1, 0.15) is 0 Å². The fraction of sp³-hybridized carbons (Fsp3) is 0.472. The van der Waals surface area contributed by atoms with Crippen LogP contribution in [0.4, 0.5) is 19.1 Å². The van der Waals surface area contributed by atoms with Gasteiger partial charge in [-0.15, -0.1) is 13.2 Å². The van der Waals surface area contributed by atoms with Crippen LogP contribution in [-0.4, -0.2) is 110 Å². The van der Waals surface area contributed by atoms with Crippen molar-refractivity contribution in [2.75, 3.05) is 78.6 Å². The van der Waals surface area contributed by atoms with Gasteiger partial charge in [0.25, 0.3) is 5.91 Å². The molecule has 0 radical (unpaired) electrons. The number of ether oxygens (including phenoxy) is 4. The number of carbonyl (C=O) groups is 1. The Labute approximate surface area is 289 Å². The molecule has 2 aromatic heterocycles. The monoisotopic (exact) mass is 696 g/mol. The Morgan fingerprint density at radius 2 is 1.66 bits per heavy atom. The molecule has 2 fully saturated rings. The molecule has 2 aliphatic heterocycles. The number of imidazole rings is 1. The number of alkyl halides is 3. The maximum absolute atomic E-state index is 13.9. The SMILES string of the molecule is COc1cc(C(=O)N2CCC(CCN3CCCN(c4nc5ccccc5n4CCOC(F)(F)F)CC3)(c3ccccn3)C2)cc(OC)c1OC. The normalized spacial score (nSPS) is 18.8. The number of methoxy groups -OCH3 is 3. The third kappa shape index (κ3) is 7.60. The van der Waals surface area contributed by atoms with E-state index in [9.17, 15) is 18.0 Å². The van der Waals surface area contributed by atoms with Crippen molar-refractivity contribution in [3.8, 4) is 17.2 Å². The third-order valence-electron chi connectivity index (χ3n) is 9.75. The van der Waals surface area contributed by atoms with Gasteiger partial charge in [-0.3, -0.25) is 14.5 Å². The van der Waals surface area contributed by atoms with E-state index in [1.165, 1.54) is 21.3 Å². The lowest BCUT2D eigenvalue weighted by molar-refractivity contribution is -0.325. The van der Waals surface area contributed by atoms with Gasteiger partial charge in [-0.05, 0) is 68.8 Å². The molecule has 0 saturated carbocycles. The van der Waals surface area contributed by atoms with Crippen LogP contribution in [0.15, 0.2) is 60.8 Å². The second-order valence-corrected chi connectivity index (χ2v) is 12.7. The van der Waals surface area contributed by atoms with Gasteiger partial charge in [-0.1, -0.05) is 18.2 Å². The molecule has 0 bridgehead atoms. The number of carbonyl (C=O) groups excluding carboxylic acids is 1. The Balaban J connectivity index is 1.16. The number of nitrogens with zero attached hydrogens (tertiary/aromatic N) is 6. The fourth-order valence-corrected chi connectivity index (χ4v) is 7.19. The number of halogens is 3. The zero-order chi connectivity index (χ0) is 35.3. The molecule has 0 N–H and O–H groups in total. The zero-order valence-corrected chi connectivity index (χ0v) is 28.6. The average molecular weight is 697 g/mol. The van der Waals surface area contributed by atoms with Crippen LogP contribution >= 0.6 is 0 Å². The fourth-order valence-electron chi connectivity index (χ4n) is 7.19. The van der Waals surface area contributed by atoms with E-state index in [2.05, 4.69) is 14.5 Å². The van der Waals surface area contributed by atoms with E-state index in [0.29, 0.717) is 48.4 Å². The van der Waals surface area contributed by atoms with Gasteiger partial charge in [-0.2, -0.15) is 0 Å². The number of pyridine rings is 1. The van der Waals surface area contributed by atoms with Gasteiger partial charge in [0.05, 0.1) is 39.0 Å². The van der Waals surface area contributed by atoms with Gasteiger partial charge < -0.3 is 33.5 Å². The Hall–Kier alpha value is -4.56. The Bertz CT molecular complexity index is 1750. The van der Waals surface area contributed by atoms with Crippen molar-refractivity contribution >= 4 is 22.9 Å². The molecule has 50 heavy (non-hydrogen) atoms. The molecule has 2 aromatic carbocycles. The van der Waals surface area contributed by atoms with Crippen LogP contribution in [0.2, 0.25) is 0 Å². The molecule has 14 heteroatoms. The van der Waals surface area contributed by atoms with Gasteiger partial charge in [-0.25, -0.2) is 4.98 Å². The van der Waals surface area contributed by atoms with E-state index in [1.54, 1.807) is 18.3 Å². The van der Waals surface area contributed by atoms with Gasteiger partial charge in [0.2, 0.25) is 11.7 Å². The number of rotatable bonds is 12. The highest BCUT2D eigenvalue weighted by Crippen LogP contribution is 2.41. The summed E-state index contributed by atoms with van der Waals surface area (Å²) in [6.07, 6.45) is -0.450. The summed E-state index contributed by atoms with van der Waals surface area (Å²) >= 11 is 0. The highest BCUT2D eigenvalue weighted by atomic mass is 19.4. The van der Waals surface area contributed by atoms with Crippen LogP contribution < -0.4 is 19.1 Å². The first kappa shape index (κ1) is 35.3. The summed E-state index contributed by atoms with van der Waals surface area (Å²) in [6.45, 7) is 4.45. The Morgan fingerprint density at radius 3 is 2.36 bits per heavy atom. The van der Waals surface area contributed by atoms with E-state index in [4.69, 9.17) is 24.2 Å². The molecule has 4 aromatic rings. The molecule has 6 rings (SSSR count). The lowest BCUT2D eigenvalue weighted by Gasteiger charge is -2.32. The third-order valence-corrected chi connectivity index (χ3v) is 9.75. The molecule has 2 aliphatic rings. The van der Waals surface area contributed by atoms with E-state index in [1.807, 2.05) is 51.9 Å². The lowest BCUT2D eigenvalue weighted by atomic mass is 9.79. The number of likely N-dealkylation sites (tertiary alicyclic amines) is 1. The molecule has 4 heterocycles. The minimum atomic E-state index is -4.69. The number of hydrogen-bond donors (Lipinski definition) is 0. The van der Waals surface area contributed by atoms with E-state index >= 15 is 0 Å². The minimum Gasteiger partial charge on any atom is -0.493 e. The predicted molar refractivity (Wildman–Crippen MR) is 182 cm³/mol. The minimum absolute atomic E-state index is 0.0352. The molecule has 0 aliphatic carbocycles. The predicted octanol–water partition coefficient (Wildman–Crippen LogP) is 5.38. The molecular weight excluding hydrogens is 653 g/mol. The van der Waals surface area contributed by atoms with Crippen LogP contribution in [0.25, 0.3) is 11.0 Å². The quantitative estimate of drug-likeness (QED) is 0.194. The summed E-state index contributed by atoms with van der Waals surface area (Å²) < 4.78 is 60.8. The maximum atomic E-state index is 13.9. The summed E-state index contributed by atoms with van der Waals surface area (Å²) in [4.78, 5) is 30.0. The van der Waals surface area contributed by atoms with Crippen molar-refractivity contribution in [3.05, 3.63) is 72.1 Å². The van der Waals surface area contributed by atoms with Gasteiger partial charge >= 0.3 is 6.36 Å². The summed E-state index contributed by atoms with van der Waals surface area (Å²) in [6, 6.07) is 16.8. The Morgan fingerprint density at radius 1 is 0.900 bits per heavy atom. The molecular formula is C36H43F3N6O5. The zero-order valence-electron chi connectivity index (χ0n) is 28.6. The number of hydrogen-bond acceptors (Lipinski definition) is 9. The molecule has 268 valence electrons. The first-order chi connectivity index (χ1) is 24.1. The number of amides is 1. The van der Waals surface area contributed by atoms with Gasteiger partial charge in [0.15, 0.2) is 11.5 Å². The second-order valence-electron chi connectivity index (χ2n) is 12.7. The topological polar surface area (TPSA) is 94.4 Å². The van der Waals surface area contributed by atoms with Crippen molar-refractivity contribution in [3.63, 3.8) is 0 Å². The van der Waals surface area contributed by atoms with Crippen molar-refractivity contribution < 1.29 is 36.9 Å². The van der Waals surface area contributed by atoms with Crippen LogP contribution in [0.1, 0.15) is 35.3 Å². The average Bonchev–Trinajstić information content (AvgIpc) is 3.64. The standard InChI is InChI=1S/C36H43F3N6O5/c1-47-29-23-26(24-30(48-2)32(29)49-3)33(46)44-18-13-35(25-44,31-11-6-7-14-40-31)12-17-42-15-8-16-43(20-19-42)34-41-27-9-4-5-10-28(27)45(34)21-22-50-36(37,38)39/h4-7,9-11,14,23-24H,8,12-13,15-22,25H2,1-3H3. The molecule has 1 atom stereocenters. The highest BCUT2D eigenvalue weighted by Gasteiger charge is 2.43. The number of benzene rings is 2. The Kier molecular flexibility index (Phi) is 10.7. The number of aromatic nitrogens is 3. The second kappa shape index (κ2) is 15.1. The lowest BCUT2D eigenvalue weighted by Crippen LogP contribution is -2.39. The molecule has 2 saturated heterocycles. The first-order valence-corrected chi connectivity index (χ1v) is 16.8. The first-order valence-electron chi connectivity index (χ1n) is 16.8. The largest absolute Gasteiger partial charge is 0.522 e. The number of fused-ring (bicyclic) bond motifs is 1. The van der Waals surface area contributed by atoms with E-state index in [0.717, 1.165) is 62.2 Å². The van der Waals surface area contributed by atoms with Crippen LogP contribution in [0, 0.1) is 0 Å². The van der Waals surface area contributed by atoms with E-state index in [-0.39, 0.29) is 17.9 Å².